The number of hydrogen-bond acceptors (Lipinski definition) is 5. The minimum absolute atomic E-state index is 0.162. The minimum atomic E-state index is -3.31. The van der Waals surface area contributed by atoms with Crippen LogP contribution in [0.3, 0.4) is 0 Å². The number of piperazine rings is 1. The molecule has 31 heavy (non-hydrogen) atoms. The molecule has 1 fully saturated rings. The number of anilines is 1. The van der Waals surface area contributed by atoms with E-state index < -0.39 is 15.1 Å². The summed E-state index contributed by atoms with van der Waals surface area (Å²) in [5.41, 5.74) is 1.78. The van der Waals surface area contributed by atoms with Crippen molar-refractivity contribution in [2.45, 2.75) is 36.8 Å². The van der Waals surface area contributed by atoms with Crippen LogP contribution >= 0.6 is 0 Å². The number of unbranched alkanes of at least 4 members (excludes halogenated alkanes) is 1. The van der Waals surface area contributed by atoms with E-state index in [4.69, 9.17) is 0 Å². The van der Waals surface area contributed by atoms with E-state index in [1.54, 1.807) is 26.0 Å². The summed E-state index contributed by atoms with van der Waals surface area (Å²) in [7, 11) is -3.31. The SMILES string of the molecule is CC(C)S(=O)(=O)c1ccc(C(=O)NCCCCN2CCN(c3ccccc3)CC2)cc1. The fourth-order valence-electron chi connectivity index (χ4n) is 3.70. The van der Waals surface area contributed by atoms with Crippen molar-refractivity contribution >= 4 is 21.4 Å². The number of nitrogens with zero attached hydrogens (tertiary/aromatic N) is 2. The molecule has 0 unspecified atom stereocenters. The van der Waals surface area contributed by atoms with Gasteiger partial charge in [-0.3, -0.25) is 9.69 Å². The van der Waals surface area contributed by atoms with Gasteiger partial charge in [-0.25, -0.2) is 8.42 Å². The molecule has 0 spiro atoms. The lowest BCUT2D eigenvalue weighted by molar-refractivity contribution is 0.0952. The highest BCUT2D eigenvalue weighted by Gasteiger charge is 2.19. The topological polar surface area (TPSA) is 69.7 Å². The summed E-state index contributed by atoms with van der Waals surface area (Å²) in [4.78, 5) is 17.5. The van der Waals surface area contributed by atoms with Crippen molar-refractivity contribution in [1.29, 1.82) is 0 Å². The Bertz CT molecular complexity index is 936. The van der Waals surface area contributed by atoms with Gasteiger partial charge >= 0.3 is 0 Å². The monoisotopic (exact) mass is 443 g/mol. The van der Waals surface area contributed by atoms with E-state index in [1.807, 2.05) is 6.07 Å². The third-order valence-electron chi connectivity index (χ3n) is 5.75. The largest absolute Gasteiger partial charge is 0.369 e. The van der Waals surface area contributed by atoms with Gasteiger partial charge in [-0.1, -0.05) is 18.2 Å². The first-order valence-electron chi connectivity index (χ1n) is 11.0. The van der Waals surface area contributed by atoms with Crippen LogP contribution in [0.15, 0.2) is 59.5 Å². The van der Waals surface area contributed by atoms with Gasteiger partial charge in [0.15, 0.2) is 9.84 Å². The first kappa shape index (κ1) is 23.3. The molecule has 7 heteroatoms. The zero-order valence-corrected chi connectivity index (χ0v) is 19.3. The van der Waals surface area contributed by atoms with Gasteiger partial charge in [0.1, 0.15) is 0 Å². The van der Waals surface area contributed by atoms with Gasteiger partial charge in [0.05, 0.1) is 10.1 Å². The van der Waals surface area contributed by atoms with Gasteiger partial charge < -0.3 is 10.2 Å². The van der Waals surface area contributed by atoms with Crippen LogP contribution < -0.4 is 10.2 Å². The number of para-hydroxylation sites is 1. The van der Waals surface area contributed by atoms with E-state index in [9.17, 15) is 13.2 Å². The van der Waals surface area contributed by atoms with E-state index >= 15 is 0 Å². The van der Waals surface area contributed by atoms with Crippen molar-refractivity contribution in [2.24, 2.45) is 0 Å². The van der Waals surface area contributed by atoms with Crippen LogP contribution in [0.1, 0.15) is 37.0 Å². The summed E-state index contributed by atoms with van der Waals surface area (Å²) in [6.07, 6.45) is 1.96. The standard InChI is InChI=1S/C24H33N3O3S/c1-20(2)31(29,30)23-12-10-21(11-13-23)24(28)25-14-6-7-15-26-16-18-27(19-17-26)22-8-4-3-5-9-22/h3-5,8-13,20H,6-7,14-19H2,1-2H3,(H,25,28). The highest BCUT2D eigenvalue weighted by Crippen LogP contribution is 2.17. The third-order valence-corrected chi connectivity index (χ3v) is 7.92. The Morgan fingerprint density at radius 1 is 0.935 bits per heavy atom. The molecule has 1 heterocycles. The summed E-state index contributed by atoms with van der Waals surface area (Å²) in [6, 6.07) is 16.7. The molecule has 0 aromatic heterocycles. The summed E-state index contributed by atoms with van der Waals surface area (Å²) < 4.78 is 24.3. The molecular weight excluding hydrogens is 410 g/mol. The molecule has 168 valence electrons. The van der Waals surface area contributed by atoms with Gasteiger partial charge in [0.25, 0.3) is 5.91 Å². The zero-order valence-electron chi connectivity index (χ0n) is 18.5. The molecule has 2 aromatic rings. The molecule has 0 saturated carbocycles. The minimum Gasteiger partial charge on any atom is -0.369 e. The highest BCUT2D eigenvalue weighted by atomic mass is 32.2. The van der Waals surface area contributed by atoms with E-state index in [0.29, 0.717) is 12.1 Å². The van der Waals surface area contributed by atoms with Crippen LogP contribution in [-0.4, -0.2) is 63.7 Å². The van der Waals surface area contributed by atoms with Crippen molar-refractivity contribution in [1.82, 2.24) is 10.2 Å². The maximum Gasteiger partial charge on any atom is 0.251 e. The second-order valence-electron chi connectivity index (χ2n) is 8.25. The number of sulfone groups is 1. The number of rotatable bonds is 9. The second-order valence-corrected chi connectivity index (χ2v) is 10.7. The molecule has 1 aliphatic heterocycles. The molecule has 0 bridgehead atoms. The van der Waals surface area contributed by atoms with Gasteiger partial charge in [0, 0.05) is 44.0 Å². The summed E-state index contributed by atoms with van der Waals surface area (Å²) >= 11 is 0. The number of carbonyl (C=O) groups excluding carboxylic acids is 1. The van der Waals surface area contributed by atoms with Gasteiger partial charge in [-0.15, -0.1) is 0 Å². The molecule has 1 saturated heterocycles. The lowest BCUT2D eigenvalue weighted by atomic mass is 10.2. The maximum absolute atomic E-state index is 12.3. The lowest BCUT2D eigenvalue weighted by Crippen LogP contribution is -2.46. The highest BCUT2D eigenvalue weighted by molar-refractivity contribution is 7.92. The molecule has 0 radical (unpaired) electrons. The summed E-state index contributed by atoms with van der Waals surface area (Å²) in [5.74, 6) is -0.162. The number of amides is 1. The Morgan fingerprint density at radius 3 is 2.19 bits per heavy atom. The third kappa shape index (κ3) is 6.31. The van der Waals surface area contributed by atoms with Crippen LogP contribution in [0.2, 0.25) is 0 Å². The molecule has 0 aliphatic carbocycles. The van der Waals surface area contributed by atoms with Crippen LogP contribution in [0, 0.1) is 0 Å². The van der Waals surface area contributed by atoms with Gasteiger partial charge in [-0.2, -0.15) is 0 Å². The van der Waals surface area contributed by atoms with E-state index in [1.165, 1.54) is 17.8 Å². The summed E-state index contributed by atoms with van der Waals surface area (Å²) in [6.45, 7) is 9.18. The predicted octanol–water partition coefficient (Wildman–Crippen LogP) is 3.20. The lowest BCUT2D eigenvalue weighted by Gasteiger charge is -2.36. The molecule has 1 amide bonds. The Hall–Kier alpha value is -2.38. The average molecular weight is 444 g/mol. The Labute approximate surface area is 186 Å². The second kappa shape index (κ2) is 10.8. The Kier molecular flexibility index (Phi) is 8.09. The molecular formula is C24H33N3O3S. The fourth-order valence-corrected chi connectivity index (χ4v) is 4.76. The normalized spacial score (nSPS) is 15.3. The average Bonchev–Trinajstić information content (AvgIpc) is 2.79. The van der Waals surface area contributed by atoms with Crippen LogP contribution in [-0.2, 0) is 9.84 Å². The van der Waals surface area contributed by atoms with Gasteiger partial charge in [0.2, 0.25) is 0 Å². The predicted molar refractivity (Wildman–Crippen MR) is 125 cm³/mol. The number of hydrogen-bond donors (Lipinski definition) is 1. The first-order valence-corrected chi connectivity index (χ1v) is 12.6. The van der Waals surface area contributed by atoms with E-state index in [-0.39, 0.29) is 10.8 Å². The van der Waals surface area contributed by atoms with Crippen molar-refractivity contribution in [2.75, 3.05) is 44.2 Å². The van der Waals surface area contributed by atoms with Crippen LogP contribution in [0.25, 0.3) is 0 Å². The zero-order chi connectivity index (χ0) is 22.3. The first-order chi connectivity index (χ1) is 14.9. The van der Waals surface area contributed by atoms with Crippen molar-refractivity contribution in [3.05, 3.63) is 60.2 Å². The van der Waals surface area contributed by atoms with Crippen LogP contribution in [0.5, 0.6) is 0 Å². The smallest absolute Gasteiger partial charge is 0.251 e. The van der Waals surface area contributed by atoms with Gasteiger partial charge in [-0.05, 0) is 69.6 Å². The van der Waals surface area contributed by atoms with E-state index in [0.717, 1.165) is 45.6 Å². The Balaban J connectivity index is 1.34. The molecule has 1 N–H and O–H groups in total. The van der Waals surface area contributed by atoms with Crippen molar-refractivity contribution in [3.8, 4) is 0 Å². The quantitative estimate of drug-likeness (QED) is 0.603. The number of carbonyl (C=O) groups is 1. The number of nitrogens with one attached hydrogen (secondary N) is 1. The van der Waals surface area contributed by atoms with Crippen molar-refractivity contribution in [3.63, 3.8) is 0 Å². The van der Waals surface area contributed by atoms with E-state index in [2.05, 4.69) is 39.4 Å². The van der Waals surface area contributed by atoms with Crippen molar-refractivity contribution < 1.29 is 13.2 Å². The molecule has 0 atom stereocenters. The molecule has 6 nitrogen and oxygen atoms in total. The fraction of sp³-hybridized carbons (Fsp3) is 0.458. The molecule has 3 rings (SSSR count). The molecule has 1 aliphatic rings. The Morgan fingerprint density at radius 2 is 1.58 bits per heavy atom. The summed E-state index contributed by atoms with van der Waals surface area (Å²) in [5, 5.41) is 2.45. The van der Waals surface area contributed by atoms with Crippen LogP contribution in [0.4, 0.5) is 5.69 Å². The molecule has 2 aromatic carbocycles. The number of benzene rings is 2. The maximum atomic E-state index is 12.3.